The third-order valence-corrected chi connectivity index (χ3v) is 3.98. The van der Waals surface area contributed by atoms with Gasteiger partial charge in [-0.2, -0.15) is 11.8 Å². The van der Waals surface area contributed by atoms with Gasteiger partial charge in [0, 0.05) is 13.1 Å². The molecule has 1 aromatic rings. The van der Waals surface area contributed by atoms with Crippen LogP contribution in [0.1, 0.15) is 30.1 Å². The molecule has 0 aliphatic carbocycles. The summed E-state index contributed by atoms with van der Waals surface area (Å²) in [4.78, 5) is 11.8. The van der Waals surface area contributed by atoms with Crippen molar-refractivity contribution in [3.63, 3.8) is 0 Å². The molecule has 5 nitrogen and oxygen atoms in total. The monoisotopic (exact) mass is 274 g/mol. The Balaban J connectivity index is 2.37. The van der Waals surface area contributed by atoms with E-state index < -0.39 is 0 Å². The highest BCUT2D eigenvalue weighted by Crippen LogP contribution is 2.14. The topological polar surface area (TPSA) is 66.9 Å². The quantitative estimate of drug-likeness (QED) is 0.743. The molecule has 2 N–H and O–H groups in total. The van der Waals surface area contributed by atoms with Gasteiger partial charge in [-0.3, -0.25) is 4.79 Å². The second-order valence-electron chi connectivity index (χ2n) is 3.52. The molecule has 1 aromatic heterocycles. The summed E-state index contributed by atoms with van der Waals surface area (Å²) in [6.45, 7) is 4.14. The summed E-state index contributed by atoms with van der Waals surface area (Å²) in [6, 6.07) is 0.170. The molecule has 96 valence electrons. The third kappa shape index (κ3) is 4.91. The van der Waals surface area contributed by atoms with E-state index in [0.717, 1.165) is 17.9 Å². The molecular formula is C10H18N4OS2. The lowest BCUT2D eigenvalue weighted by Gasteiger charge is -2.11. The van der Waals surface area contributed by atoms with Crippen molar-refractivity contribution in [1.29, 1.82) is 0 Å². The molecule has 0 saturated heterocycles. The maximum Gasteiger partial charge on any atom is 0.282 e. The fourth-order valence-electron chi connectivity index (χ4n) is 1.18. The first-order valence-corrected chi connectivity index (χ1v) is 7.54. The number of nitrogens with zero attached hydrogens (tertiary/aromatic N) is 2. The van der Waals surface area contributed by atoms with Crippen LogP contribution in [0, 0.1) is 0 Å². The summed E-state index contributed by atoms with van der Waals surface area (Å²) >= 11 is 3.14. The van der Waals surface area contributed by atoms with Gasteiger partial charge >= 0.3 is 0 Å². The van der Waals surface area contributed by atoms with Gasteiger partial charge in [0.25, 0.3) is 5.91 Å². The van der Waals surface area contributed by atoms with E-state index in [4.69, 9.17) is 0 Å². The Labute approximate surface area is 110 Å². The van der Waals surface area contributed by atoms with Crippen LogP contribution in [0.5, 0.6) is 0 Å². The number of aromatic nitrogens is 2. The van der Waals surface area contributed by atoms with Crippen LogP contribution in [0.4, 0.5) is 5.13 Å². The molecule has 1 heterocycles. The summed E-state index contributed by atoms with van der Waals surface area (Å²) in [7, 11) is 1.76. The number of rotatable bonds is 7. The summed E-state index contributed by atoms with van der Waals surface area (Å²) < 4.78 is 0. The lowest BCUT2D eigenvalue weighted by Crippen LogP contribution is -2.32. The van der Waals surface area contributed by atoms with Crippen LogP contribution in [0.15, 0.2) is 0 Å². The number of carbonyl (C=O) groups is 1. The summed E-state index contributed by atoms with van der Waals surface area (Å²) in [5.74, 6) is 2.04. The molecule has 1 atom stereocenters. The van der Waals surface area contributed by atoms with Gasteiger partial charge in [0.1, 0.15) is 0 Å². The number of nitrogens with one attached hydrogen (secondary N) is 2. The molecule has 0 fully saturated rings. The van der Waals surface area contributed by atoms with E-state index in [1.165, 1.54) is 11.3 Å². The Morgan fingerprint density at radius 2 is 2.29 bits per heavy atom. The van der Waals surface area contributed by atoms with Crippen molar-refractivity contribution in [1.82, 2.24) is 15.5 Å². The van der Waals surface area contributed by atoms with Gasteiger partial charge < -0.3 is 10.6 Å². The Kier molecular flexibility index (Phi) is 6.28. The SMILES string of the molecule is CCSCCC(C)NC(=O)c1nnc(NC)s1. The van der Waals surface area contributed by atoms with Gasteiger partial charge in [-0.1, -0.05) is 18.3 Å². The van der Waals surface area contributed by atoms with Crippen molar-refractivity contribution < 1.29 is 4.79 Å². The molecule has 0 aliphatic rings. The van der Waals surface area contributed by atoms with Crippen molar-refractivity contribution in [2.75, 3.05) is 23.9 Å². The molecule has 0 saturated carbocycles. The van der Waals surface area contributed by atoms with E-state index in [9.17, 15) is 4.79 Å². The first-order chi connectivity index (χ1) is 8.17. The minimum Gasteiger partial charge on any atom is -0.363 e. The largest absolute Gasteiger partial charge is 0.363 e. The maximum absolute atomic E-state index is 11.8. The molecule has 0 spiro atoms. The van der Waals surface area contributed by atoms with E-state index >= 15 is 0 Å². The number of anilines is 1. The van der Waals surface area contributed by atoms with E-state index in [0.29, 0.717) is 10.1 Å². The van der Waals surface area contributed by atoms with Crippen LogP contribution in [0.3, 0.4) is 0 Å². The van der Waals surface area contributed by atoms with Crippen LogP contribution < -0.4 is 10.6 Å². The van der Waals surface area contributed by atoms with Crippen LogP contribution in [0.2, 0.25) is 0 Å². The smallest absolute Gasteiger partial charge is 0.282 e. The minimum atomic E-state index is -0.141. The van der Waals surface area contributed by atoms with Crippen LogP contribution in [0.25, 0.3) is 0 Å². The van der Waals surface area contributed by atoms with Gasteiger partial charge in [0.15, 0.2) is 0 Å². The van der Waals surface area contributed by atoms with Crippen molar-refractivity contribution in [2.24, 2.45) is 0 Å². The summed E-state index contributed by atoms with van der Waals surface area (Å²) in [6.07, 6.45) is 0.974. The van der Waals surface area contributed by atoms with Crippen molar-refractivity contribution in [3.05, 3.63) is 5.01 Å². The Hall–Kier alpha value is -0.820. The summed E-state index contributed by atoms with van der Waals surface area (Å²) in [5.41, 5.74) is 0. The predicted molar refractivity (Wildman–Crippen MR) is 74.0 cm³/mol. The van der Waals surface area contributed by atoms with E-state index in [2.05, 4.69) is 27.8 Å². The Bertz CT molecular complexity index is 356. The highest BCUT2D eigenvalue weighted by molar-refractivity contribution is 7.99. The predicted octanol–water partition coefficient (Wildman–Crippen LogP) is 1.84. The second kappa shape index (κ2) is 7.50. The van der Waals surface area contributed by atoms with Gasteiger partial charge in [-0.15, -0.1) is 10.2 Å². The zero-order chi connectivity index (χ0) is 12.7. The van der Waals surface area contributed by atoms with Gasteiger partial charge in [0.2, 0.25) is 10.1 Å². The van der Waals surface area contributed by atoms with Gasteiger partial charge in [0.05, 0.1) is 0 Å². The third-order valence-electron chi connectivity index (χ3n) is 2.11. The van der Waals surface area contributed by atoms with Gasteiger partial charge in [-0.25, -0.2) is 0 Å². The molecule has 0 radical (unpaired) electrons. The van der Waals surface area contributed by atoms with E-state index in [-0.39, 0.29) is 11.9 Å². The van der Waals surface area contributed by atoms with Crippen molar-refractivity contribution >= 4 is 34.1 Å². The molecule has 0 aliphatic heterocycles. The molecule has 1 unspecified atom stereocenters. The van der Waals surface area contributed by atoms with Crippen LogP contribution in [-0.4, -0.2) is 40.7 Å². The normalized spacial score (nSPS) is 12.2. The molecule has 1 rings (SSSR count). The Morgan fingerprint density at radius 1 is 1.53 bits per heavy atom. The number of amides is 1. The second-order valence-corrected chi connectivity index (χ2v) is 5.89. The van der Waals surface area contributed by atoms with Crippen molar-refractivity contribution in [2.45, 2.75) is 26.3 Å². The van der Waals surface area contributed by atoms with Crippen LogP contribution in [-0.2, 0) is 0 Å². The lowest BCUT2D eigenvalue weighted by atomic mass is 10.2. The van der Waals surface area contributed by atoms with Crippen molar-refractivity contribution in [3.8, 4) is 0 Å². The zero-order valence-corrected chi connectivity index (χ0v) is 12.0. The molecule has 17 heavy (non-hydrogen) atoms. The first-order valence-electron chi connectivity index (χ1n) is 5.57. The number of hydrogen-bond donors (Lipinski definition) is 2. The highest BCUT2D eigenvalue weighted by atomic mass is 32.2. The average molecular weight is 274 g/mol. The molecule has 0 aromatic carbocycles. The molecular weight excluding hydrogens is 256 g/mol. The number of carbonyl (C=O) groups excluding carboxylic acids is 1. The zero-order valence-electron chi connectivity index (χ0n) is 10.3. The van der Waals surface area contributed by atoms with E-state index in [1.807, 2.05) is 18.7 Å². The van der Waals surface area contributed by atoms with Crippen LogP contribution >= 0.6 is 23.1 Å². The number of thioether (sulfide) groups is 1. The molecule has 0 bridgehead atoms. The lowest BCUT2D eigenvalue weighted by molar-refractivity contribution is 0.0938. The Morgan fingerprint density at radius 3 is 2.88 bits per heavy atom. The van der Waals surface area contributed by atoms with E-state index in [1.54, 1.807) is 7.05 Å². The molecule has 7 heteroatoms. The minimum absolute atomic E-state index is 0.141. The standard InChI is InChI=1S/C10H18N4OS2/c1-4-16-6-5-7(2)12-8(15)9-13-14-10(11-3)17-9/h7H,4-6H2,1-3H3,(H,11,14)(H,12,15). The average Bonchev–Trinajstić information content (AvgIpc) is 2.78. The van der Waals surface area contributed by atoms with Gasteiger partial charge in [-0.05, 0) is 24.9 Å². The first kappa shape index (κ1) is 14.2. The highest BCUT2D eigenvalue weighted by Gasteiger charge is 2.14. The maximum atomic E-state index is 11.8. The number of hydrogen-bond acceptors (Lipinski definition) is 6. The molecule has 1 amide bonds. The fourth-order valence-corrected chi connectivity index (χ4v) is 2.59. The fraction of sp³-hybridized carbons (Fsp3) is 0.700. The summed E-state index contributed by atoms with van der Waals surface area (Å²) in [5, 5.41) is 14.5.